The number of benzene rings is 1. The minimum absolute atomic E-state index is 0.615. The third-order valence-corrected chi connectivity index (χ3v) is 2.48. The summed E-state index contributed by atoms with van der Waals surface area (Å²) in [5.74, 6) is 0. The van der Waals surface area contributed by atoms with Crippen LogP contribution in [0.25, 0.3) is 0 Å². The molecule has 0 aliphatic carbocycles. The molecule has 1 heterocycles. The van der Waals surface area contributed by atoms with Gasteiger partial charge in [-0.25, -0.2) is 8.42 Å². The Morgan fingerprint density at radius 2 is 2.23 bits per heavy atom. The van der Waals surface area contributed by atoms with Crippen LogP contribution in [-0.4, -0.2) is 15.0 Å². The van der Waals surface area contributed by atoms with E-state index in [0.717, 1.165) is 18.7 Å². The molecule has 70 valence electrons. The standard InChI is InChI=1S/C8H10N2O2S/c11-13(12)10-7-2-1-6-3-4-9-8(6)5-7/h1-2,5,9,13H,3-4H2,(H,10,11,12). The summed E-state index contributed by atoms with van der Waals surface area (Å²) in [5.41, 5.74) is 2.89. The van der Waals surface area contributed by atoms with E-state index < -0.39 is 10.9 Å². The lowest BCUT2D eigenvalue weighted by Gasteiger charge is -2.02. The lowest BCUT2D eigenvalue weighted by molar-refractivity contribution is 0.619. The van der Waals surface area contributed by atoms with Crippen LogP contribution in [0.1, 0.15) is 5.56 Å². The van der Waals surface area contributed by atoms with E-state index in [1.54, 1.807) is 6.07 Å². The van der Waals surface area contributed by atoms with Gasteiger partial charge in [-0.1, -0.05) is 6.07 Å². The molecule has 13 heavy (non-hydrogen) atoms. The first-order valence-corrected chi connectivity index (χ1v) is 5.21. The zero-order valence-corrected chi connectivity index (χ0v) is 7.80. The summed E-state index contributed by atoms with van der Waals surface area (Å²) in [4.78, 5) is 0. The van der Waals surface area contributed by atoms with E-state index in [9.17, 15) is 8.42 Å². The molecule has 0 saturated carbocycles. The number of hydrogen-bond donors (Lipinski definition) is 3. The van der Waals surface area contributed by atoms with Gasteiger partial charge in [-0.3, -0.25) is 4.72 Å². The van der Waals surface area contributed by atoms with Crippen LogP contribution in [0.2, 0.25) is 0 Å². The van der Waals surface area contributed by atoms with Crippen LogP contribution in [0, 0.1) is 0 Å². The molecule has 0 amide bonds. The SMILES string of the molecule is O=[SH](=O)Nc1ccc2c(c1)NCC2. The maximum atomic E-state index is 10.4. The van der Waals surface area contributed by atoms with Gasteiger partial charge in [-0.2, -0.15) is 0 Å². The molecule has 1 aliphatic heterocycles. The number of rotatable bonds is 2. The zero-order valence-electron chi connectivity index (χ0n) is 6.91. The Labute approximate surface area is 78.0 Å². The maximum absolute atomic E-state index is 10.4. The highest BCUT2D eigenvalue weighted by Gasteiger charge is 2.09. The lowest BCUT2D eigenvalue weighted by atomic mass is 10.1. The fourth-order valence-corrected chi connectivity index (χ4v) is 1.82. The molecule has 0 saturated heterocycles. The zero-order chi connectivity index (χ0) is 9.26. The lowest BCUT2D eigenvalue weighted by Crippen LogP contribution is -1.95. The van der Waals surface area contributed by atoms with Gasteiger partial charge in [0.25, 0.3) is 0 Å². The van der Waals surface area contributed by atoms with E-state index in [2.05, 4.69) is 10.0 Å². The van der Waals surface area contributed by atoms with E-state index in [1.165, 1.54) is 5.56 Å². The fourth-order valence-electron chi connectivity index (χ4n) is 1.47. The second-order valence-electron chi connectivity index (χ2n) is 2.92. The van der Waals surface area contributed by atoms with Gasteiger partial charge in [0.15, 0.2) is 0 Å². The number of nitrogens with one attached hydrogen (secondary N) is 2. The average Bonchev–Trinajstić information content (AvgIpc) is 2.49. The predicted molar refractivity (Wildman–Crippen MR) is 52.6 cm³/mol. The Balaban J connectivity index is 2.30. The third kappa shape index (κ3) is 1.75. The molecule has 1 aliphatic rings. The maximum Gasteiger partial charge on any atom is 0.222 e. The number of fused-ring (bicyclic) bond motifs is 1. The quantitative estimate of drug-likeness (QED) is 0.610. The van der Waals surface area contributed by atoms with Gasteiger partial charge in [-0.15, -0.1) is 0 Å². The summed E-state index contributed by atoms with van der Waals surface area (Å²) in [6, 6.07) is 5.53. The van der Waals surface area contributed by atoms with Crippen LogP contribution in [0.5, 0.6) is 0 Å². The van der Waals surface area contributed by atoms with Crippen molar-refractivity contribution >= 4 is 22.3 Å². The van der Waals surface area contributed by atoms with Crippen LogP contribution in [-0.2, 0) is 17.3 Å². The largest absolute Gasteiger partial charge is 0.384 e. The molecule has 0 spiro atoms. The van der Waals surface area contributed by atoms with Gasteiger partial charge in [0, 0.05) is 12.2 Å². The highest BCUT2D eigenvalue weighted by atomic mass is 32.2. The van der Waals surface area contributed by atoms with E-state index in [0.29, 0.717) is 5.69 Å². The van der Waals surface area contributed by atoms with E-state index >= 15 is 0 Å². The number of anilines is 2. The van der Waals surface area contributed by atoms with Crippen LogP contribution in [0.3, 0.4) is 0 Å². The molecular formula is C8H10N2O2S. The summed E-state index contributed by atoms with van der Waals surface area (Å²) >= 11 is 0. The van der Waals surface area contributed by atoms with Crippen molar-refractivity contribution in [1.82, 2.24) is 0 Å². The molecule has 0 atom stereocenters. The molecule has 2 rings (SSSR count). The average molecular weight is 198 g/mol. The minimum Gasteiger partial charge on any atom is -0.384 e. The van der Waals surface area contributed by atoms with Crippen molar-refractivity contribution in [2.75, 3.05) is 16.6 Å². The van der Waals surface area contributed by atoms with Crippen molar-refractivity contribution in [2.24, 2.45) is 0 Å². The Hall–Kier alpha value is -1.23. The van der Waals surface area contributed by atoms with Crippen molar-refractivity contribution in [3.05, 3.63) is 23.8 Å². The summed E-state index contributed by atoms with van der Waals surface area (Å²) in [5, 5.41) is 3.18. The van der Waals surface area contributed by atoms with Crippen LogP contribution in [0.15, 0.2) is 18.2 Å². The molecule has 0 bridgehead atoms. The van der Waals surface area contributed by atoms with Crippen molar-refractivity contribution in [2.45, 2.75) is 6.42 Å². The van der Waals surface area contributed by atoms with Gasteiger partial charge in [0.05, 0.1) is 5.69 Å². The molecule has 5 heteroatoms. The molecule has 0 unspecified atom stereocenters. The second kappa shape index (κ2) is 3.26. The van der Waals surface area contributed by atoms with Gasteiger partial charge < -0.3 is 5.32 Å². The van der Waals surface area contributed by atoms with Crippen LogP contribution >= 0.6 is 0 Å². The first kappa shape index (κ1) is 8.37. The third-order valence-electron chi connectivity index (χ3n) is 2.04. The molecule has 1 aromatic rings. The topological polar surface area (TPSA) is 58.2 Å². The van der Waals surface area contributed by atoms with Crippen LogP contribution < -0.4 is 10.0 Å². The van der Waals surface area contributed by atoms with Crippen molar-refractivity contribution < 1.29 is 8.42 Å². The monoisotopic (exact) mass is 198 g/mol. The molecule has 1 aromatic carbocycles. The van der Waals surface area contributed by atoms with Crippen molar-refractivity contribution in [3.8, 4) is 0 Å². The summed E-state index contributed by atoms with van der Waals surface area (Å²) in [6.45, 7) is 0.933. The summed E-state index contributed by atoms with van der Waals surface area (Å²) < 4.78 is 23.1. The Morgan fingerprint density at radius 1 is 1.38 bits per heavy atom. The fraction of sp³-hybridized carbons (Fsp3) is 0.250. The molecule has 2 N–H and O–H groups in total. The van der Waals surface area contributed by atoms with Crippen molar-refractivity contribution in [1.29, 1.82) is 0 Å². The van der Waals surface area contributed by atoms with Crippen LogP contribution in [0.4, 0.5) is 11.4 Å². The predicted octanol–water partition coefficient (Wildman–Crippen LogP) is 0.593. The smallest absolute Gasteiger partial charge is 0.222 e. The molecule has 4 nitrogen and oxygen atoms in total. The summed E-state index contributed by atoms with van der Waals surface area (Å²) in [6.07, 6.45) is 1.01. The highest BCUT2D eigenvalue weighted by molar-refractivity contribution is 7.73. The first-order valence-electron chi connectivity index (χ1n) is 4.03. The first-order chi connectivity index (χ1) is 6.25. The van der Waals surface area contributed by atoms with Gasteiger partial charge in [0.1, 0.15) is 0 Å². The van der Waals surface area contributed by atoms with Gasteiger partial charge in [-0.05, 0) is 24.1 Å². The molecule has 0 radical (unpaired) electrons. The molecule has 0 aromatic heterocycles. The number of hydrogen-bond acceptors (Lipinski definition) is 3. The highest BCUT2D eigenvalue weighted by Crippen LogP contribution is 2.25. The molecular weight excluding hydrogens is 188 g/mol. The van der Waals surface area contributed by atoms with Gasteiger partial charge in [0.2, 0.25) is 10.9 Å². The van der Waals surface area contributed by atoms with E-state index in [1.807, 2.05) is 12.1 Å². The van der Waals surface area contributed by atoms with Gasteiger partial charge >= 0.3 is 0 Å². The normalized spacial score (nSPS) is 13.9. The molecule has 0 fully saturated rings. The van der Waals surface area contributed by atoms with E-state index in [-0.39, 0.29) is 0 Å². The second-order valence-corrected chi connectivity index (χ2v) is 3.66. The Kier molecular flexibility index (Phi) is 2.10. The van der Waals surface area contributed by atoms with Crippen molar-refractivity contribution in [3.63, 3.8) is 0 Å². The summed E-state index contributed by atoms with van der Waals surface area (Å²) in [7, 11) is -2.56. The minimum atomic E-state index is -2.56. The Bertz CT molecular complexity index is 393. The Morgan fingerprint density at radius 3 is 3.00 bits per heavy atom. The van der Waals surface area contributed by atoms with E-state index in [4.69, 9.17) is 0 Å². The number of thiol groups is 1.